The SMILES string of the molecule is CC(=O)O.CC(C)CCON=O. The standard InChI is InChI=1S/C5H11NO2.C2H4O2/c1-5(2)3-4-8-6-7;1-2(3)4/h5H,3-4H2,1-2H3;1H3,(H,3,4). The summed E-state index contributed by atoms with van der Waals surface area (Å²) in [4.78, 5) is 22.5. The molecule has 0 bridgehead atoms. The van der Waals surface area contributed by atoms with Crippen LogP contribution < -0.4 is 0 Å². The molecule has 5 heteroatoms. The summed E-state index contributed by atoms with van der Waals surface area (Å²) in [6, 6.07) is 0. The third-order valence-corrected chi connectivity index (χ3v) is 0.839. The minimum absolute atomic E-state index is 0.446. The molecule has 0 aliphatic carbocycles. The van der Waals surface area contributed by atoms with Crippen molar-refractivity contribution in [2.75, 3.05) is 6.61 Å². The molecule has 0 aromatic heterocycles. The summed E-state index contributed by atoms with van der Waals surface area (Å²) >= 11 is 0. The Labute approximate surface area is 71.7 Å². The second-order valence-corrected chi connectivity index (χ2v) is 2.61. The number of aliphatic carboxylic acids is 1. The van der Waals surface area contributed by atoms with Gasteiger partial charge in [0.15, 0.2) is 5.34 Å². The van der Waals surface area contributed by atoms with Crippen molar-refractivity contribution in [1.82, 2.24) is 0 Å². The molecule has 1 N–H and O–H groups in total. The fourth-order valence-electron chi connectivity index (χ4n) is 0.326. The zero-order valence-electron chi connectivity index (χ0n) is 7.61. The maximum Gasteiger partial charge on any atom is 0.300 e. The van der Waals surface area contributed by atoms with Crippen molar-refractivity contribution in [2.45, 2.75) is 27.2 Å². The summed E-state index contributed by atoms with van der Waals surface area (Å²) in [5.74, 6) is -0.253. The molecule has 0 aromatic rings. The van der Waals surface area contributed by atoms with Gasteiger partial charge in [-0.05, 0) is 12.3 Å². The minimum Gasteiger partial charge on any atom is -0.481 e. The van der Waals surface area contributed by atoms with Gasteiger partial charge < -0.3 is 9.94 Å². The molecule has 0 fully saturated rings. The number of rotatable bonds is 4. The van der Waals surface area contributed by atoms with Crippen LogP contribution in [-0.2, 0) is 9.63 Å². The molecule has 0 aliphatic heterocycles. The fourth-order valence-corrected chi connectivity index (χ4v) is 0.326. The highest BCUT2D eigenvalue weighted by molar-refractivity contribution is 5.62. The molecule has 72 valence electrons. The molecule has 5 nitrogen and oxygen atoms in total. The van der Waals surface area contributed by atoms with Crippen molar-refractivity contribution in [1.29, 1.82) is 0 Å². The van der Waals surface area contributed by atoms with Gasteiger partial charge in [0.05, 0.1) is 0 Å². The lowest BCUT2D eigenvalue weighted by molar-refractivity contribution is -0.134. The van der Waals surface area contributed by atoms with E-state index in [0.29, 0.717) is 12.5 Å². The Morgan fingerprint density at radius 3 is 2.25 bits per heavy atom. The number of carbonyl (C=O) groups is 1. The lowest BCUT2D eigenvalue weighted by Crippen LogP contribution is -1.93. The van der Waals surface area contributed by atoms with Crippen LogP contribution in [0.15, 0.2) is 5.34 Å². The Kier molecular flexibility index (Phi) is 11.1. The molecule has 0 heterocycles. The van der Waals surface area contributed by atoms with E-state index in [1.165, 1.54) is 0 Å². The van der Waals surface area contributed by atoms with Gasteiger partial charge >= 0.3 is 0 Å². The van der Waals surface area contributed by atoms with Crippen molar-refractivity contribution in [3.05, 3.63) is 4.91 Å². The van der Waals surface area contributed by atoms with Crippen LogP contribution in [0.1, 0.15) is 27.2 Å². The van der Waals surface area contributed by atoms with Gasteiger partial charge in [0.2, 0.25) is 0 Å². The second-order valence-electron chi connectivity index (χ2n) is 2.61. The van der Waals surface area contributed by atoms with Crippen LogP contribution in [0.3, 0.4) is 0 Å². The predicted molar refractivity (Wildman–Crippen MR) is 44.5 cm³/mol. The number of hydrogen-bond acceptors (Lipinski definition) is 4. The molecule has 0 aromatic carbocycles. The molecule has 0 saturated heterocycles. The first-order valence-corrected chi connectivity index (χ1v) is 3.64. The summed E-state index contributed by atoms with van der Waals surface area (Å²) in [5.41, 5.74) is 0. The van der Waals surface area contributed by atoms with Crippen LogP contribution in [0.5, 0.6) is 0 Å². The molecular weight excluding hydrogens is 162 g/mol. The Morgan fingerprint density at radius 2 is 2.00 bits per heavy atom. The average Bonchev–Trinajstić information content (AvgIpc) is 1.86. The van der Waals surface area contributed by atoms with Gasteiger partial charge in [-0.1, -0.05) is 13.8 Å². The minimum atomic E-state index is -0.833. The maximum absolute atomic E-state index is 9.31. The van der Waals surface area contributed by atoms with Gasteiger partial charge in [-0.3, -0.25) is 4.79 Å². The summed E-state index contributed by atoms with van der Waals surface area (Å²) in [6.07, 6.45) is 0.895. The summed E-state index contributed by atoms with van der Waals surface area (Å²) in [7, 11) is 0. The van der Waals surface area contributed by atoms with Crippen LogP contribution in [0.25, 0.3) is 0 Å². The molecular formula is C7H15NO4. The smallest absolute Gasteiger partial charge is 0.300 e. The quantitative estimate of drug-likeness (QED) is 0.403. The molecule has 0 atom stereocenters. The Balaban J connectivity index is 0. The first-order chi connectivity index (χ1) is 5.50. The predicted octanol–water partition coefficient (Wildman–Crippen LogP) is 1.82. The van der Waals surface area contributed by atoms with E-state index < -0.39 is 5.97 Å². The molecule has 0 saturated carbocycles. The van der Waals surface area contributed by atoms with Gasteiger partial charge in [-0.25, -0.2) is 0 Å². The van der Waals surface area contributed by atoms with Crippen molar-refractivity contribution >= 4 is 5.97 Å². The van der Waals surface area contributed by atoms with E-state index in [1.807, 2.05) is 0 Å². The summed E-state index contributed by atoms with van der Waals surface area (Å²) in [5, 5.41) is 9.67. The number of carboxylic acids is 1. The van der Waals surface area contributed by atoms with Crippen molar-refractivity contribution in [3.63, 3.8) is 0 Å². The molecule has 0 rings (SSSR count). The Hall–Kier alpha value is -1.13. The van der Waals surface area contributed by atoms with Gasteiger partial charge in [-0.15, -0.1) is 4.91 Å². The van der Waals surface area contributed by atoms with Crippen molar-refractivity contribution < 1.29 is 14.7 Å². The second kappa shape index (κ2) is 9.87. The molecule has 0 spiro atoms. The molecule has 0 aliphatic rings. The zero-order chi connectivity index (χ0) is 9.98. The van der Waals surface area contributed by atoms with E-state index in [-0.39, 0.29) is 0 Å². The van der Waals surface area contributed by atoms with E-state index >= 15 is 0 Å². The fraction of sp³-hybridized carbons (Fsp3) is 0.857. The first kappa shape index (κ1) is 13.5. The van der Waals surface area contributed by atoms with E-state index in [9.17, 15) is 4.91 Å². The first-order valence-electron chi connectivity index (χ1n) is 3.64. The van der Waals surface area contributed by atoms with Gasteiger partial charge in [-0.2, -0.15) is 0 Å². The van der Waals surface area contributed by atoms with Gasteiger partial charge in [0, 0.05) is 6.92 Å². The summed E-state index contributed by atoms with van der Waals surface area (Å²) in [6.45, 7) is 5.66. The highest BCUT2D eigenvalue weighted by Gasteiger charge is 1.91. The monoisotopic (exact) mass is 177 g/mol. The molecule has 0 amide bonds. The van der Waals surface area contributed by atoms with E-state index in [2.05, 4.69) is 24.0 Å². The Morgan fingerprint density at radius 1 is 1.58 bits per heavy atom. The van der Waals surface area contributed by atoms with Crippen LogP contribution in [0.2, 0.25) is 0 Å². The molecule has 0 radical (unpaired) electrons. The highest BCUT2D eigenvalue weighted by atomic mass is 16.7. The van der Waals surface area contributed by atoms with E-state index in [0.717, 1.165) is 13.3 Å². The maximum atomic E-state index is 9.31. The van der Waals surface area contributed by atoms with Crippen LogP contribution in [0.4, 0.5) is 0 Å². The van der Waals surface area contributed by atoms with Crippen molar-refractivity contribution in [3.8, 4) is 0 Å². The van der Waals surface area contributed by atoms with E-state index in [4.69, 9.17) is 9.90 Å². The van der Waals surface area contributed by atoms with Crippen molar-refractivity contribution in [2.24, 2.45) is 11.3 Å². The van der Waals surface area contributed by atoms with Crippen LogP contribution >= 0.6 is 0 Å². The third kappa shape index (κ3) is 36.7. The number of carboxylic acid groups (broad SMARTS) is 1. The number of hydrogen-bond donors (Lipinski definition) is 1. The average molecular weight is 177 g/mol. The lowest BCUT2D eigenvalue weighted by atomic mass is 10.1. The molecule has 12 heavy (non-hydrogen) atoms. The van der Waals surface area contributed by atoms with E-state index in [1.54, 1.807) is 0 Å². The zero-order valence-corrected chi connectivity index (χ0v) is 7.61. The van der Waals surface area contributed by atoms with Gasteiger partial charge in [0.25, 0.3) is 5.97 Å². The number of nitrogens with zero attached hydrogens (tertiary/aromatic N) is 1. The normalized spacial score (nSPS) is 8.33. The third-order valence-electron chi connectivity index (χ3n) is 0.839. The molecule has 0 unspecified atom stereocenters. The topological polar surface area (TPSA) is 76.0 Å². The highest BCUT2D eigenvalue weighted by Crippen LogP contribution is 1.98. The van der Waals surface area contributed by atoms with Crippen LogP contribution in [-0.4, -0.2) is 17.7 Å². The van der Waals surface area contributed by atoms with Crippen LogP contribution in [0, 0.1) is 10.8 Å². The largest absolute Gasteiger partial charge is 0.481 e. The summed E-state index contributed by atoms with van der Waals surface area (Å²) < 4.78 is 0. The Bertz CT molecular complexity index is 121. The van der Waals surface area contributed by atoms with Gasteiger partial charge in [0.1, 0.15) is 6.61 Å². The lowest BCUT2D eigenvalue weighted by Gasteiger charge is -1.98.